The van der Waals surface area contributed by atoms with Crippen molar-refractivity contribution in [1.82, 2.24) is 5.32 Å². The predicted octanol–water partition coefficient (Wildman–Crippen LogP) is 1.88. The summed E-state index contributed by atoms with van der Waals surface area (Å²) >= 11 is 0. The Morgan fingerprint density at radius 1 is 1.57 bits per heavy atom. The maximum absolute atomic E-state index is 11.2. The molecule has 0 fully saturated rings. The first-order valence-electron chi connectivity index (χ1n) is 5.08. The standard InChI is InChI=1S/C11H21NO2/c1-5-6-7-10(14-4)8-12-11(13)9(2)3/h10H,2,5-8H2,1,3-4H3,(H,12,13). The molecule has 14 heavy (non-hydrogen) atoms. The van der Waals surface area contributed by atoms with Gasteiger partial charge in [0.05, 0.1) is 6.10 Å². The molecule has 0 saturated carbocycles. The summed E-state index contributed by atoms with van der Waals surface area (Å²) in [7, 11) is 1.67. The maximum Gasteiger partial charge on any atom is 0.246 e. The monoisotopic (exact) mass is 199 g/mol. The minimum absolute atomic E-state index is 0.0939. The zero-order valence-corrected chi connectivity index (χ0v) is 9.43. The Kier molecular flexibility index (Phi) is 7.11. The molecule has 82 valence electrons. The first-order valence-corrected chi connectivity index (χ1v) is 5.08. The number of methoxy groups -OCH3 is 1. The van der Waals surface area contributed by atoms with E-state index in [2.05, 4.69) is 18.8 Å². The van der Waals surface area contributed by atoms with Crippen molar-refractivity contribution in [2.75, 3.05) is 13.7 Å². The normalized spacial score (nSPS) is 12.2. The first-order chi connectivity index (χ1) is 6.61. The molecule has 1 atom stereocenters. The maximum atomic E-state index is 11.2. The quantitative estimate of drug-likeness (QED) is 0.636. The second kappa shape index (κ2) is 7.56. The van der Waals surface area contributed by atoms with E-state index in [0.29, 0.717) is 12.1 Å². The molecule has 0 saturated heterocycles. The molecule has 3 nitrogen and oxygen atoms in total. The Bertz CT molecular complexity index is 190. The van der Waals surface area contributed by atoms with Crippen molar-refractivity contribution in [3.05, 3.63) is 12.2 Å². The molecule has 0 heterocycles. The van der Waals surface area contributed by atoms with E-state index in [-0.39, 0.29) is 12.0 Å². The number of unbranched alkanes of at least 4 members (excludes halogenated alkanes) is 1. The van der Waals surface area contributed by atoms with Crippen LogP contribution in [-0.2, 0) is 9.53 Å². The van der Waals surface area contributed by atoms with E-state index in [9.17, 15) is 4.79 Å². The lowest BCUT2D eigenvalue weighted by Gasteiger charge is -2.15. The molecule has 0 aromatic carbocycles. The Morgan fingerprint density at radius 3 is 2.64 bits per heavy atom. The van der Waals surface area contributed by atoms with E-state index in [1.165, 1.54) is 0 Å². The van der Waals surface area contributed by atoms with Gasteiger partial charge in [0.15, 0.2) is 0 Å². The Morgan fingerprint density at radius 2 is 2.21 bits per heavy atom. The Hall–Kier alpha value is -0.830. The van der Waals surface area contributed by atoms with Crippen molar-refractivity contribution < 1.29 is 9.53 Å². The third-order valence-corrected chi connectivity index (χ3v) is 2.09. The van der Waals surface area contributed by atoms with Crippen LogP contribution in [0.25, 0.3) is 0 Å². The number of rotatable bonds is 7. The highest BCUT2D eigenvalue weighted by Crippen LogP contribution is 2.02. The summed E-state index contributed by atoms with van der Waals surface area (Å²) in [5, 5.41) is 2.78. The van der Waals surface area contributed by atoms with Gasteiger partial charge in [0, 0.05) is 19.2 Å². The smallest absolute Gasteiger partial charge is 0.246 e. The second-order valence-corrected chi connectivity index (χ2v) is 3.49. The van der Waals surface area contributed by atoms with Crippen LogP contribution in [0.4, 0.5) is 0 Å². The van der Waals surface area contributed by atoms with E-state index in [1.807, 2.05) is 0 Å². The molecule has 1 N–H and O–H groups in total. The molecule has 0 bridgehead atoms. The van der Waals surface area contributed by atoms with Crippen molar-refractivity contribution in [3.8, 4) is 0 Å². The first kappa shape index (κ1) is 13.2. The van der Waals surface area contributed by atoms with Crippen molar-refractivity contribution in [2.45, 2.75) is 39.2 Å². The molecule has 3 heteroatoms. The number of hydrogen-bond donors (Lipinski definition) is 1. The van der Waals surface area contributed by atoms with Crippen LogP contribution in [0.3, 0.4) is 0 Å². The fourth-order valence-electron chi connectivity index (χ4n) is 1.09. The fraction of sp³-hybridized carbons (Fsp3) is 0.727. The molecule has 0 aromatic rings. The highest BCUT2D eigenvalue weighted by Gasteiger charge is 2.08. The lowest BCUT2D eigenvalue weighted by Crippen LogP contribution is -2.33. The van der Waals surface area contributed by atoms with Crippen LogP contribution < -0.4 is 5.32 Å². The number of hydrogen-bond acceptors (Lipinski definition) is 2. The second-order valence-electron chi connectivity index (χ2n) is 3.49. The zero-order chi connectivity index (χ0) is 11.0. The summed E-state index contributed by atoms with van der Waals surface area (Å²) in [5.41, 5.74) is 0.537. The fourth-order valence-corrected chi connectivity index (χ4v) is 1.09. The van der Waals surface area contributed by atoms with Crippen molar-refractivity contribution in [2.24, 2.45) is 0 Å². The topological polar surface area (TPSA) is 38.3 Å². The average molecular weight is 199 g/mol. The molecule has 0 aliphatic carbocycles. The molecule has 0 aliphatic heterocycles. The molecule has 0 radical (unpaired) electrons. The van der Waals surface area contributed by atoms with E-state index in [1.54, 1.807) is 14.0 Å². The van der Waals surface area contributed by atoms with Crippen molar-refractivity contribution in [1.29, 1.82) is 0 Å². The van der Waals surface area contributed by atoms with Gasteiger partial charge in [0.1, 0.15) is 0 Å². The van der Waals surface area contributed by atoms with Gasteiger partial charge in [0.2, 0.25) is 5.91 Å². The molecular weight excluding hydrogens is 178 g/mol. The number of amides is 1. The number of ether oxygens (including phenoxy) is 1. The molecule has 0 aliphatic rings. The highest BCUT2D eigenvalue weighted by molar-refractivity contribution is 5.92. The largest absolute Gasteiger partial charge is 0.380 e. The van der Waals surface area contributed by atoms with E-state index >= 15 is 0 Å². The van der Waals surface area contributed by atoms with Gasteiger partial charge in [-0.15, -0.1) is 0 Å². The molecule has 0 rings (SSSR count). The number of carbonyl (C=O) groups excluding carboxylic acids is 1. The van der Waals surface area contributed by atoms with Gasteiger partial charge in [0.25, 0.3) is 0 Å². The van der Waals surface area contributed by atoms with Crippen molar-refractivity contribution >= 4 is 5.91 Å². The molecule has 0 spiro atoms. The minimum Gasteiger partial charge on any atom is -0.380 e. The summed E-state index contributed by atoms with van der Waals surface area (Å²) in [5.74, 6) is -0.0939. The summed E-state index contributed by atoms with van der Waals surface area (Å²) < 4.78 is 5.24. The van der Waals surface area contributed by atoms with Crippen LogP contribution in [0, 0.1) is 0 Å². The number of carbonyl (C=O) groups is 1. The molecule has 0 aromatic heterocycles. The van der Waals surface area contributed by atoms with Gasteiger partial charge in [-0.1, -0.05) is 26.3 Å². The number of nitrogens with one attached hydrogen (secondary N) is 1. The third kappa shape index (κ3) is 5.75. The average Bonchev–Trinajstić information content (AvgIpc) is 2.17. The highest BCUT2D eigenvalue weighted by atomic mass is 16.5. The molecular formula is C11H21NO2. The predicted molar refractivity (Wildman–Crippen MR) is 58.1 cm³/mol. The van der Waals surface area contributed by atoms with Crippen LogP contribution in [-0.4, -0.2) is 25.7 Å². The summed E-state index contributed by atoms with van der Waals surface area (Å²) in [4.78, 5) is 11.2. The zero-order valence-electron chi connectivity index (χ0n) is 9.43. The summed E-state index contributed by atoms with van der Waals surface area (Å²) in [6, 6.07) is 0. The van der Waals surface area contributed by atoms with Gasteiger partial charge >= 0.3 is 0 Å². The van der Waals surface area contributed by atoms with E-state index < -0.39 is 0 Å². The Labute approximate surface area is 86.5 Å². The van der Waals surface area contributed by atoms with Crippen LogP contribution in [0.15, 0.2) is 12.2 Å². The summed E-state index contributed by atoms with van der Waals surface area (Å²) in [6.45, 7) is 7.98. The van der Waals surface area contributed by atoms with Crippen molar-refractivity contribution in [3.63, 3.8) is 0 Å². The van der Waals surface area contributed by atoms with Gasteiger partial charge < -0.3 is 10.1 Å². The van der Waals surface area contributed by atoms with Gasteiger partial charge in [-0.25, -0.2) is 0 Å². The lowest BCUT2D eigenvalue weighted by molar-refractivity contribution is -0.118. The molecule has 1 amide bonds. The molecule has 1 unspecified atom stereocenters. The summed E-state index contributed by atoms with van der Waals surface area (Å²) in [6.07, 6.45) is 3.39. The van der Waals surface area contributed by atoms with Gasteiger partial charge in [-0.2, -0.15) is 0 Å². The van der Waals surface area contributed by atoms with Gasteiger partial charge in [-0.3, -0.25) is 4.79 Å². The van der Waals surface area contributed by atoms with Gasteiger partial charge in [-0.05, 0) is 13.3 Å². The third-order valence-electron chi connectivity index (χ3n) is 2.09. The Balaban J connectivity index is 3.71. The lowest BCUT2D eigenvalue weighted by atomic mass is 10.1. The SMILES string of the molecule is C=C(C)C(=O)NCC(CCCC)OC. The van der Waals surface area contributed by atoms with E-state index in [4.69, 9.17) is 4.74 Å². The van der Waals surface area contributed by atoms with Crippen LogP contribution in [0.2, 0.25) is 0 Å². The minimum atomic E-state index is -0.0939. The van der Waals surface area contributed by atoms with Crippen LogP contribution >= 0.6 is 0 Å². The van der Waals surface area contributed by atoms with Crippen LogP contribution in [0.5, 0.6) is 0 Å². The van der Waals surface area contributed by atoms with E-state index in [0.717, 1.165) is 19.3 Å². The van der Waals surface area contributed by atoms with Crippen LogP contribution in [0.1, 0.15) is 33.1 Å².